The van der Waals surface area contributed by atoms with Crippen LogP contribution in [0.4, 0.5) is 4.39 Å². The van der Waals surface area contributed by atoms with Crippen LogP contribution in [0.25, 0.3) is 0 Å². The highest BCUT2D eigenvalue weighted by Crippen LogP contribution is 2.10. The molecule has 0 atom stereocenters. The molecule has 21 heavy (non-hydrogen) atoms. The summed E-state index contributed by atoms with van der Waals surface area (Å²) in [6, 6.07) is 6.35. The summed E-state index contributed by atoms with van der Waals surface area (Å²) in [5, 5.41) is 2.80. The average Bonchev–Trinajstić information content (AvgIpc) is 2.45. The average molecular weight is 294 g/mol. The van der Waals surface area contributed by atoms with E-state index in [1.807, 2.05) is 0 Å². The number of amides is 2. The Bertz CT molecular complexity index is 477. The van der Waals surface area contributed by atoms with Gasteiger partial charge in [-0.3, -0.25) is 9.59 Å². The Labute approximate surface area is 125 Å². The molecule has 2 amide bonds. The summed E-state index contributed by atoms with van der Waals surface area (Å²) in [5.74, 6) is -0.584. The number of carbonyl (C=O) groups excluding carboxylic acids is 2. The summed E-state index contributed by atoms with van der Waals surface area (Å²) in [6.07, 6.45) is 2.20. The minimum absolute atomic E-state index is 0.0803. The van der Waals surface area contributed by atoms with Crippen LogP contribution in [0.1, 0.15) is 38.7 Å². The van der Waals surface area contributed by atoms with Crippen molar-refractivity contribution in [1.82, 2.24) is 10.2 Å². The molecule has 0 fully saturated rings. The van der Waals surface area contributed by atoms with Crippen LogP contribution >= 0.6 is 0 Å². The summed E-state index contributed by atoms with van der Waals surface area (Å²) < 4.78 is 13.6. The number of nitrogens with zero attached hydrogens (tertiary/aromatic N) is 1. The second kappa shape index (κ2) is 9.10. The Hall–Kier alpha value is -1.91. The highest BCUT2D eigenvalue weighted by molar-refractivity contribution is 5.78. The zero-order chi connectivity index (χ0) is 15.7. The molecule has 0 radical (unpaired) electrons. The maximum Gasteiger partial charge on any atom is 0.221 e. The summed E-state index contributed by atoms with van der Waals surface area (Å²) in [5.41, 5.74) is 0.457. The number of halogens is 1. The van der Waals surface area contributed by atoms with Crippen LogP contribution in [-0.4, -0.2) is 29.8 Å². The number of nitrogens with one attached hydrogen (secondary N) is 1. The summed E-state index contributed by atoms with van der Waals surface area (Å²) in [7, 11) is 0. The number of hydrogen-bond acceptors (Lipinski definition) is 2. The molecule has 0 aliphatic rings. The quantitative estimate of drug-likeness (QED) is 0.749. The van der Waals surface area contributed by atoms with Gasteiger partial charge in [0.2, 0.25) is 11.8 Å². The second-order valence-corrected chi connectivity index (χ2v) is 4.99. The van der Waals surface area contributed by atoms with Gasteiger partial charge < -0.3 is 10.2 Å². The third-order valence-corrected chi connectivity index (χ3v) is 3.23. The smallest absolute Gasteiger partial charge is 0.221 e. The third kappa shape index (κ3) is 6.38. The first-order valence-corrected chi connectivity index (χ1v) is 7.30. The van der Waals surface area contributed by atoms with E-state index >= 15 is 0 Å². The minimum atomic E-state index is -0.337. The van der Waals surface area contributed by atoms with Crippen LogP contribution in [0, 0.1) is 5.82 Å². The molecule has 0 aliphatic carbocycles. The summed E-state index contributed by atoms with van der Waals surface area (Å²) >= 11 is 0. The number of benzene rings is 1. The number of rotatable bonds is 8. The molecular formula is C16H23FN2O2. The van der Waals surface area contributed by atoms with E-state index in [1.54, 1.807) is 18.2 Å². The highest BCUT2D eigenvalue weighted by atomic mass is 19.1. The fraction of sp³-hybridized carbons (Fsp3) is 0.500. The number of hydrogen-bond donors (Lipinski definition) is 1. The monoisotopic (exact) mass is 294 g/mol. The van der Waals surface area contributed by atoms with Crippen molar-refractivity contribution < 1.29 is 14.0 Å². The van der Waals surface area contributed by atoms with E-state index in [0.29, 0.717) is 18.7 Å². The van der Waals surface area contributed by atoms with Gasteiger partial charge in [0.25, 0.3) is 0 Å². The fourth-order valence-electron chi connectivity index (χ4n) is 1.91. The van der Waals surface area contributed by atoms with E-state index in [1.165, 1.54) is 17.9 Å². The van der Waals surface area contributed by atoms with Gasteiger partial charge in [-0.1, -0.05) is 31.5 Å². The van der Waals surface area contributed by atoms with Crippen LogP contribution < -0.4 is 5.32 Å². The molecule has 1 N–H and O–H groups in total. The van der Waals surface area contributed by atoms with E-state index in [9.17, 15) is 14.0 Å². The van der Waals surface area contributed by atoms with Gasteiger partial charge in [0, 0.05) is 38.5 Å². The molecule has 0 spiro atoms. The Kier molecular flexibility index (Phi) is 7.43. The molecule has 0 unspecified atom stereocenters. The van der Waals surface area contributed by atoms with Crippen molar-refractivity contribution in [3.8, 4) is 0 Å². The molecule has 4 nitrogen and oxygen atoms in total. The lowest BCUT2D eigenvalue weighted by Crippen LogP contribution is -2.34. The molecule has 5 heteroatoms. The molecule has 1 aromatic carbocycles. The molecule has 1 rings (SSSR count). The molecule has 0 bridgehead atoms. The number of carbonyl (C=O) groups is 2. The summed E-state index contributed by atoms with van der Waals surface area (Å²) in [6.45, 7) is 4.61. The predicted molar refractivity (Wildman–Crippen MR) is 80.0 cm³/mol. The highest BCUT2D eigenvalue weighted by Gasteiger charge is 2.13. The molecule has 0 aromatic heterocycles. The van der Waals surface area contributed by atoms with Gasteiger partial charge in [-0.25, -0.2) is 4.39 Å². The lowest BCUT2D eigenvalue weighted by molar-refractivity contribution is -0.130. The van der Waals surface area contributed by atoms with E-state index in [2.05, 4.69) is 12.2 Å². The third-order valence-electron chi connectivity index (χ3n) is 3.23. The van der Waals surface area contributed by atoms with Gasteiger partial charge in [0.05, 0.1) is 0 Å². The SMILES string of the molecule is CCCCNC(=O)CCN(Cc1ccccc1F)C(C)=O. The summed E-state index contributed by atoms with van der Waals surface area (Å²) in [4.78, 5) is 24.7. The van der Waals surface area contributed by atoms with E-state index in [-0.39, 0.29) is 30.6 Å². The molecule has 0 saturated carbocycles. The van der Waals surface area contributed by atoms with Crippen molar-refractivity contribution in [2.75, 3.05) is 13.1 Å². The Morgan fingerprint density at radius 1 is 1.29 bits per heavy atom. The Balaban J connectivity index is 2.49. The fourth-order valence-corrected chi connectivity index (χ4v) is 1.91. The van der Waals surface area contributed by atoms with Gasteiger partial charge >= 0.3 is 0 Å². The maximum absolute atomic E-state index is 13.6. The van der Waals surface area contributed by atoms with Crippen molar-refractivity contribution in [3.05, 3.63) is 35.6 Å². The second-order valence-electron chi connectivity index (χ2n) is 4.99. The maximum atomic E-state index is 13.6. The van der Waals surface area contributed by atoms with Gasteiger partial charge in [-0.05, 0) is 12.5 Å². The standard InChI is InChI=1S/C16H23FN2O2/c1-3-4-10-18-16(21)9-11-19(13(2)20)12-14-7-5-6-8-15(14)17/h5-8H,3-4,9-12H2,1-2H3,(H,18,21). The van der Waals surface area contributed by atoms with Crippen LogP contribution in [0.3, 0.4) is 0 Å². The van der Waals surface area contributed by atoms with E-state index in [0.717, 1.165) is 12.8 Å². The van der Waals surface area contributed by atoms with E-state index < -0.39 is 0 Å². The molecule has 0 saturated heterocycles. The Morgan fingerprint density at radius 2 is 2.00 bits per heavy atom. The van der Waals surface area contributed by atoms with Crippen molar-refractivity contribution in [2.45, 2.75) is 39.7 Å². The van der Waals surface area contributed by atoms with Crippen molar-refractivity contribution >= 4 is 11.8 Å². The predicted octanol–water partition coefficient (Wildman–Crippen LogP) is 2.48. The Morgan fingerprint density at radius 3 is 2.62 bits per heavy atom. The topological polar surface area (TPSA) is 49.4 Å². The van der Waals surface area contributed by atoms with Crippen molar-refractivity contribution in [2.24, 2.45) is 0 Å². The molecular weight excluding hydrogens is 271 g/mol. The van der Waals surface area contributed by atoms with Gasteiger partial charge in [0.15, 0.2) is 0 Å². The first-order valence-electron chi connectivity index (χ1n) is 7.30. The zero-order valence-electron chi connectivity index (χ0n) is 12.7. The van der Waals surface area contributed by atoms with Gasteiger partial charge in [-0.15, -0.1) is 0 Å². The minimum Gasteiger partial charge on any atom is -0.356 e. The number of unbranched alkanes of at least 4 members (excludes halogenated alkanes) is 1. The zero-order valence-corrected chi connectivity index (χ0v) is 12.7. The molecule has 0 aliphatic heterocycles. The lowest BCUT2D eigenvalue weighted by Gasteiger charge is -2.21. The largest absolute Gasteiger partial charge is 0.356 e. The molecule has 1 aromatic rings. The van der Waals surface area contributed by atoms with Crippen molar-refractivity contribution in [1.29, 1.82) is 0 Å². The van der Waals surface area contributed by atoms with E-state index in [4.69, 9.17) is 0 Å². The first kappa shape index (κ1) is 17.1. The van der Waals surface area contributed by atoms with Gasteiger partial charge in [0.1, 0.15) is 5.82 Å². The van der Waals surface area contributed by atoms with Crippen LogP contribution in [0.5, 0.6) is 0 Å². The van der Waals surface area contributed by atoms with Crippen molar-refractivity contribution in [3.63, 3.8) is 0 Å². The van der Waals surface area contributed by atoms with Crippen LogP contribution in [0.2, 0.25) is 0 Å². The van der Waals surface area contributed by atoms with Crippen LogP contribution in [0.15, 0.2) is 24.3 Å². The van der Waals surface area contributed by atoms with Gasteiger partial charge in [-0.2, -0.15) is 0 Å². The first-order chi connectivity index (χ1) is 10.0. The lowest BCUT2D eigenvalue weighted by atomic mass is 10.2. The normalized spacial score (nSPS) is 10.2. The van der Waals surface area contributed by atoms with Crippen LogP contribution in [-0.2, 0) is 16.1 Å². The molecule has 0 heterocycles. The molecule has 116 valence electrons.